The van der Waals surface area contributed by atoms with Gasteiger partial charge in [0, 0.05) is 4.47 Å². The van der Waals surface area contributed by atoms with Crippen LogP contribution in [0.15, 0.2) is 46.9 Å². The van der Waals surface area contributed by atoms with E-state index < -0.39 is 11.9 Å². The zero-order chi connectivity index (χ0) is 15.4. The maximum absolute atomic E-state index is 13.1. The summed E-state index contributed by atoms with van der Waals surface area (Å²) in [5.74, 6) is -0.869. The SMILES string of the molecule is N[C@@H](Cc1ccccc1)C(=O)Nc1c(Cl)cc(F)cc1Br. The van der Waals surface area contributed by atoms with Crippen LogP contribution >= 0.6 is 27.5 Å². The van der Waals surface area contributed by atoms with E-state index in [0.29, 0.717) is 16.6 Å². The largest absolute Gasteiger partial charge is 0.322 e. The zero-order valence-corrected chi connectivity index (χ0v) is 13.3. The van der Waals surface area contributed by atoms with Crippen molar-refractivity contribution in [1.29, 1.82) is 0 Å². The van der Waals surface area contributed by atoms with Crippen LogP contribution in [0.3, 0.4) is 0 Å². The Morgan fingerprint density at radius 1 is 1.33 bits per heavy atom. The number of carbonyl (C=O) groups excluding carboxylic acids is 1. The van der Waals surface area contributed by atoms with Gasteiger partial charge in [-0.15, -0.1) is 0 Å². The van der Waals surface area contributed by atoms with Crippen LogP contribution in [0.1, 0.15) is 5.56 Å². The third kappa shape index (κ3) is 4.27. The molecular weight excluding hydrogens is 359 g/mol. The first kappa shape index (κ1) is 15.9. The molecule has 110 valence electrons. The Morgan fingerprint density at radius 3 is 2.62 bits per heavy atom. The molecule has 6 heteroatoms. The lowest BCUT2D eigenvalue weighted by atomic mass is 10.1. The molecular formula is C15H13BrClFN2O. The lowest BCUT2D eigenvalue weighted by molar-refractivity contribution is -0.117. The highest BCUT2D eigenvalue weighted by molar-refractivity contribution is 9.10. The van der Waals surface area contributed by atoms with Crippen molar-refractivity contribution in [2.45, 2.75) is 12.5 Å². The third-order valence-corrected chi connectivity index (χ3v) is 3.81. The molecule has 0 aliphatic rings. The Balaban J connectivity index is 2.08. The first-order chi connectivity index (χ1) is 9.97. The normalized spacial score (nSPS) is 12.0. The van der Waals surface area contributed by atoms with Gasteiger partial charge in [0.15, 0.2) is 0 Å². The monoisotopic (exact) mass is 370 g/mol. The van der Waals surface area contributed by atoms with E-state index in [0.717, 1.165) is 11.6 Å². The van der Waals surface area contributed by atoms with Crippen molar-refractivity contribution in [3.05, 3.63) is 63.3 Å². The average molecular weight is 372 g/mol. The Bertz CT molecular complexity index is 628. The highest BCUT2D eigenvalue weighted by Crippen LogP contribution is 2.31. The fourth-order valence-electron chi connectivity index (χ4n) is 1.84. The minimum Gasteiger partial charge on any atom is -0.322 e. The molecule has 0 saturated carbocycles. The molecule has 0 aliphatic heterocycles. The van der Waals surface area contributed by atoms with Gasteiger partial charge in [0.2, 0.25) is 5.91 Å². The molecule has 0 radical (unpaired) electrons. The fraction of sp³-hybridized carbons (Fsp3) is 0.133. The molecule has 1 atom stereocenters. The molecule has 0 bridgehead atoms. The van der Waals surface area contributed by atoms with Gasteiger partial charge in [0.05, 0.1) is 16.8 Å². The zero-order valence-electron chi connectivity index (χ0n) is 10.9. The molecule has 2 rings (SSSR count). The van der Waals surface area contributed by atoms with Gasteiger partial charge >= 0.3 is 0 Å². The summed E-state index contributed by atoms with van der Waals surface area (Å²) in [6, 6.07) is 11.1. The third-order valence-electron chi connectivity index (χ3n) is 2.89. The van der Waals surface area contributed by atoms with Crippen LogP contribution in [0.4, 0.5) is 10.1 Å². The van der Waals surface area contributed by atoms with Crippen molar-refractivity contribution in [3.8, 4) is 0 Å². The number of nitrogens with two attached hydrogens (primary N) is 1. The van der Waals surface area contributed by atoms with Gasteiger partial charge in [0.1, 0.15) is 5.82 Å². The molecule has 0 aliphatic carbocycles. The number of anilines is 1. The highest BCUT2D eigenvalue weighted by Gasteiger charge is 2.17. The van der Waals surface area contributed by atoms with Crippen LogP contribution in [0.5, 0.6) is 0 Å². The van der Waals surface area contributed by atoms with Crippen molar-refractivity contribution >= 4 is 39.1 Å². The second-order valence-electron chi connectivity index (χ2n) is 4.53. The molecule has 0 heterocycles. The average Bonchev–Trinajstić information content (AvgIpc) is 2.43. The maximum Gasteiger partial charge on any atom is 0.241 e. The summed E-state index contributed by atoms with van der Waals surface area (Å²) in [6.45, 7) is 0. The van der Waals surface area contributed by atoms with E-state index in [1.165, 1.54) is 6.07 Å². The summed E-state index contributed by atoms with van der Waals surface area (Å²) in [4.78, 5) is 12.1. The van der Waals surface area contributed by atoms with Gasteiger partial charge in [-0.05, 0) is 40.0 Å². The second kappa shape index (κ2) is 7.02. The van der Waals surface area contributed by atoms with Gasteiger partial charge < -0.3 is 11.1 Å². The number of rotatable bonds is 4. The standard InChI is InChI=1S/C15H13BrClFN2O/c16-11-7-10(18)8-12(17)14(11)20-15(21)13(19)6-9-4-2-1-3-5-9/h1-5,7-8,13H,6,19H2,(H,20,21)/t13-/m0/s1. The number of halogens is 3. The van der Waals surface area contributed by atoms with Crippen LogP contribution in [0.2, 0.25) is 5.02 Å². The first-order valence-electron chi connectivity index (χ1n) is 6.22. The summed E-state index contributed by atoms with van der Waals surface area (Å²) < 4.78 is 13.5. The van der Waals surface area contributed by atoms with Crippen LogP contribution in [-0.2, 0) is 11.2 Å². The van der Waals surface area contributed by atoms with E-state index in [1.807, 2.05) is 30.3 Å². The smallest absolute Gasteiger partial charge is 0.241 e. The van der Waals surface area contributed by atoms with E-state index in [1.54, 1.807) is 0 Å². The van der Waals surface area contributed by atoms with Crippen LogP contribution < -0.4 is 11.1 Å². The molecule has 21 heavy (non-hydrogen) atoms. The minimum atomic E-state index is -0.722. The van der Waals surface area contributed by atoms with E-state index in [9.17, 15) is 9.18 Å². The Morgan fingerprint density at radius 2 is 2.00 bits per heavy atom. The molecule has 0 fully saturated rings. The number of carbonyl (C=O) groups is 1. The second-order valence-corrected chi connectivity index (χ2v) is 5.79. The molecule has 1 amide bonds. The number of benzene rings is 2. The summed E-state index contributed by atoms with van der Waals surface area (Å²) in [5.41, 5.74) is 7.16. The van der Waals surface area contributed by atoms with Gasteiger partial charge in [-0.3, -0.25) is 4.79 Å². The van der Waals surface area contributed by atoms with Crippen molar-refractivity contribution in [3.63, 3.8) is 0 Å². The van der Waals surface area contributed by atoms with Gasteiger partial charge in [0.25, 0.3) is 0 Å². The Hall–Kier alpha value is -1.43. The van der Waals surface area contributed by atoms with E-state index >= 15 is 0 Å². The van der Waals surface area contributed by atoms with Crippen molar-refractivity contribution in [2.24, 2.45) is 5.73 Å². The van der Waals surface area contributed by atoms with Crippen molar-refractivity contribution < 1.29 is 9.18 Å². The topological polar surface area (TPSA) is 55.1 Å². The number of amides is 1. The summed E-state index contributed by atoms with van der Waals surface area (Å²) in [6.07, 6.45) is 0.406. The van der Waals surface area contributed by atoms with E-state index in [4.69, 9.17) is 17.3 Å². The molecule has 3 N–H and O–H groups in total. The molecule has 0 unspecified atom stereocenters. The number of nitrogens with one attached hydrogen (secondary N) is 1. The van der Waals surface area contributed by atoms with Crippen molar-refractivity contribution in [2.75, 3.05) is 5.32 Å². The fourth-order valence-corrected chi connectivity index (χ4v) is 2.74. The Labute approximate surface area is 135 Å². The molecule has 2 aromatic rings. The van der Waals surface area contributed by atoms with Gasteiger partial charge in [-0.2, -0.15) is 0 Å². The van der Waals surface area contributed by atoms with Gasteiger partial charge in [-0.1, -0.05) is 41.9 Å². The summed E-state index contributed by atoms with van der Waals surface area (Å²) in [5, 5.41) is 2.73. The lowest BCUT2D eigenvalue weighted by Gasteiger charge is -2.14. The molecule has 3 nitrogen and oxygen atoms in total. The van der Waals surface area contributed by atoms with Crippen molar-refractivity contribution in [1.82, 2.24) is 0 Å². The first-order valence-corrected chi connectivity index (χ1v) is 7.39. The van der Waals surface area contributed by atoms with E-state index in [2.05, 4.69) is 21.2 Å². The van der Waals surface area contributed by atoms with Crippen LogP contribution in [-0.4, -0.2) is 11.9 Å². The highest BCUT2D eigenvalue weighted by atomic mass is 79.9. The molecule has 0 saturated heterocycles. The minimum absolute atomic E-state index is 0.113. The summed E-state index contributed by atoms with van der Waals surface area (Å²) in [7, 11) is 0. The number of hydrogen-bond donors (Lipinski definition) is 2. The molecule has 2 aromatic carbocycles. The van der Waals surface area contributed by atoms with Crippen LogP contribution in [0.25, 0.3) is 0 Å². The maximum atomic E-state index is 13.1. The predicted molar refractivity (Wildman–Crippen MR) is 85.9 cm³/mol. The van der Waals surface area contributed by atoms with Gasteiger partial charge in [-0.25, -0.2) is 4.39 Å². The summed E-state index contributed by atoms with van der Waals surface area (Å²) >= 11 is 9.08. The Kier molecular flexibility index (Phi) is 5.33. The number of hydrogen-bond acceptors (Lipinski definition) is 2. The van der Waals surface area contributed by atoms with Crippen LogP contribution in [0, 0.1) is 5.82 Å². The van der Waals surface area contributed by atoms with E-state index in [-0.39, 0.29) is 10.9 Å². The lowest BCUT2D eigenvalue weighted by Crippen LogP contribution is -2.37. The molecule has 0 aromatic heterocycles. The predicted octanol–water partition coefficient (Wildman–Crippen LogP) is 3.75. The molecule has 0 spiro atoms. The quantitative estimate of drug-likeness (QED) is 0.860.